The Morgan fingerprint density at radius 1 is 1.03 bits per heavy atom. The van der Waals surface area contributed by atoms with Gasteiger partial charge in [0.1, 0.15) is 18.1 Å². The zero-order chi connectivity index (χ0) is 26.2. The lowest BCUT2D eigenvalue weighted by Gasteiger charge is -2.14. The van der Waals surface area contributed by atoms with Crippen LogP contribution in [0, 0.1) is 12.7 Å². The molecule has 2 aromatic carbocycles. The summed E-state index contributed by atoms with van der Waals surface area (Å²) in [6.45, 7) is 5.04. The number of aryl methyl sites for hydroxylation is 2. The van der Waals surface area contributed by atoms with Gasteiger partial charge in [0.15, 0.2) is 10.9 Å². The van der Waals surface area contributed by atoms with E-state index in [1.807, 2.05) is 32.2 Å². The number of carbonyl (C=O) groups is 1. The van der Waals surface area contributed by atoms with Crippen LogP contribution in [0.4, 0.5) is 9.52 Å². The molecule has 0 saturated carbocycles. The quantitative estimate of drug-likeness (QED) is 0.161. The number of carbonyl (C=O) groups excluding carboxylic acids is 1. The summed E-state index contributed by atoms with van der Waals surface area (Å²) in [6, 6.07) is 19.0. The molecular formula is C30H33FN2O2S2. The molecular weight excluding hydrogens is 503 g/mol. The zero-order valence-electron chi connectivity index (χ0n) is 21.6. The van der Waals surface area contributed by atoms with Gasteiger partial charge in [0.25, 0.3) is 0 Å². The number of rotatable bonds is 13. The summed E-state index contributed by atoms with van der Waals surface area (Å²) < 4.78 is 20.3. The fraction of sp³-hybridized carbons (Fsp3) is 0.333. The van der Waals surface area contributed by atoms with E-state index in [-0.39, 0.29) is 18.2 Å². The average molecular weight is 537 g/mol. The second-order valence-electron chi connectivity index (χ2n) is 9.17. The van der Waals surface area contributed by atoms with E-state index in [1.54, 1.807) is 23.5 Å². The number of benzene rings is 2. The molecule has 0 aliphatic rings. The first kappa shape index (κ1) is 27.0. The SMILES string of the molecule is CCCCc1ccc(-c2nc(N(C)CCCC(=O)c3ccc(C)s3)sc2OCc2ccccc2F)cc1. The Morgan fingerprint density at radius 2 is 1.81 bits per heavy atom. The molecule has 0 radical (unpaired) electrons. The van der Waals surface area contributed by atoms with Crippen LogP contribution in [-0.2, 0) is 13.0 Å². The molecule has 0 aliphatic heterocycles. The highest BCUT2D eigenvalue weighted by atomic mass is 32.1. The number of unbranched alkanes of at least 4 members (excludes halogenated alkanes) is 1. The molecule has 2 heterocycles. The lowest BCUT2D eigenvalue weighted by atomic mass is 10.1. The van der Waals surface area contributed by atoms with Crippen molar-refractivity contribution in [3.63, 3.8) is 0 Å². The van der Waals surface area contributed by atoms with Crippen molar-refractivity contribution in [3.8, 4) is 16.3 Å². The molecule has 0 saturated heterocycles. The second-order valence-corrected chi connectivity index (χ2v) is 11.4. The zero-order valence-corrected chi connectivity index (χ0v) is 23.3. The largest absolute Gasteiger partial charge is 0.477 e. The molecule has 0 atom stereocenters. The van der Waals surface area contributed by atoms with E-state index >= 15 is 0 Å². The fourth-order valence-electron chi connectivity index (χ4n) is 3.99. The van der Waals surface area contributed by atoms with Gasteiger partial charge >= 0.3 is 0 Å². The third kappa shape index (κ3) is 7.27. The van der Waals surface area contributed by atoms with Gasteiger partial charge in [-0.1, -0.05) is 67.1 Å². The second kappa shape index (κ2) is 13.0. The standard InChI is InChI=1S/C30H33FN2O2S2/c1-4-5-9-22-14-16-23(17-15-22)28-29(35-20-24-10-6-7-11-25(24)31)37-30(32-28)33(3)19-8-12-26(34)27-18-13-21(2)36-27/h6-7,10-11,13-18H,4-5,8-9,12,19-20H2,1-3H3. The van der Waals surface area contributed by atoms with Crippen LogP contribution < -0.4 is 9.64 Å². The van der Waals surface area contributed by atoms with Crippen molar-refractivity contribution < 1.29 is 13.9 Å². The molecule has 0 spiro atoms. The third-order valence-corrected chi connectivity index (χ3v) is 8.31. The molecule has 4 nitrogen and oxygen atoms in total. The number of anilines is 1. The van der Waals surface area contributed by atoms with Crippen molar-refractivity contribution in [2.45, 2.75) is 52.6 Å². The number of thiazole rings is 1. The Bertz CT molecular complexity index is 1310. The maximum atomic E-state index is 14.2. The highest BCUT2D eigenvalue weighted by molar-refractivity contribution is 7.17. The molecule has 4 rings (SSSR count). The van der Waals surface area contributed by atoms with E-state index in [9.17, 15) is 9.18 Å². The minimum Gasteiger partial charge on any atom is -0.477 e. The number of nitrogens with zero attached hydrogens (tertiary/aromatic N) is 2. The van der Waals surface area contributed by atoms with Gasteiger partial charge < -0.3 is 9.64 Å². The minimum atomic E-state index is -0.281. The molecule has 2 aromatic heterocycles. The summed E-state index contributed by atoms with van der Waals surface area (Å²) in [4.78, 5) is 21.4. The topological polar surface area (TPSA) is 42.4 Å². The number of hydrogen-bond acceptors (Lipinski definition) is 6. The van der Waals surface area contributed by atoms with Crippen LogP contribution in [0.15, 0.2) is 60.7 Å². The molecule has 194 valence electrons. The van der Waals surface area contributed by atoms with E-state index in [0.717, 1.165) is 51.8 Å². The first-order valence-corrected chi connectivity index (χ1v) is 14.3. The van der Waals surface area contributed by atoms with Gasteiger partial charge in [-0.2, -0.15) is 0 Å². The van der Waals surface area contributed by atoms with Crippen LogP contribution in [0.25, 0.3) is 11.3 Å². The van der Waals surface area contributed by atoms with Crippen molar-refractivity contribution >= 4 is 33.6 Å². The number of ketones is 1. The van der Waals surface area contributed by atoms with Gasteiger partial charge in [-0.05, 0) is 49.9 Å². The van der Waals surface area contributed by atoms with E-state index in [1.165, 1.54) is 23.0 Å². The van der Waals surface area contributed by atoms with Crippen LogP contribution in [0.1, 0.15) is 58.3 Å². The van der Waals surface area contributed by atoms with Crippen LogP contribution in [-0.4, -0.2) is 24.4 Å². The summed E-state index contributed by atoms with van der Waals surface area (Å²) in [5, 5.41) is 1.48. The van der Waals surface area contributed by atoms with Gasteiger partial charge in [0.05, 0.1) is 4.88 Å². The van der Waals surface area contributed by atoms with Crippen molar-refractivity contribution in [1.82, 2.24) is 4.98 Å². The van der Waals surface area contributed by atoms with Crippen molar-refractivity contribution in [1.29, 1.82) is 0 Å². The number of ether oxygens (including phenoxy) is 1. The summed E-state index contributed by atoms with van der Waals surface area (Å²) >= 11 is 3.00. The third-order valence-electron chi connectivity index (χ3n) is 6.19. The number of aromatic nitrogens is 1. The predicted molar refractivity (Wildman–Crippen MR) is 153 cm³/mol. The van der Waals surface area contributed by atoms with Crippen LogP contribution >= 0.6 is 22.7 Å². The van der Waals surface area contributed by atoms with E-state index in [4.69, 9.17) is 9.72 Å². The first-order valence-electron chi connectivity index (χ1n) is 12.7. The number of hydrogen-bond donors (Lipinski definition) is 0. The van der Waals surface area contributed by atoms with E-state index in [0.29, 0.717) is 23.6 Å². The number of Topliss-reactive ketones (excluding diaryl/α,β-unsaturated/α-hetero) is 1. The van der Waals surface area contributed by atoms with Crippen molar-refractivity contribution in [2.24, 2.45) is 0 Å². The minimum absolute atomic E-state index is 0.133. The Kier molecular flexibility index (Phi) is 9.47. The summed E-state index contributed by atoms with van der Waals surface area (Å²) in [5.41, 5.74) is 3.55. The molecule has 0 fully saturated rings. The summed E-state index contributed by atoms with van der Waals surface area (Å²) in [7, 11) is 1.98. The normalized spacial score (nSPS) is 11.0. The number of halogens is 1. The molecule has 0 bridgehead atoms. The predicted octanol–water partition coefficient (Wildman–Crippen LogP) is 8.34. The Labute approximate surface area is 226 Å². The molecule has 4 aromatic rings. The molecule has 0 N–H and O–H groups in total. The smallest absolute Gasteiger partial charge is 0.204 e. The number of thiophene rings is 1. The van der Waals surface area contributed by atoms with E-state index in [2.05, 4.69) is 36.1 Å². The highest BCUT2D eigenvalue weighted by Crippen LogP contribution is 2.40. The summed E-state index contributed by atoms with van der Waals surface area (Å²) in [5.74, 6) is -0.0970. The van der Waals surface area contributed by atoms with Gasteiger partial charge in [-0.15, -0.1) is 11.3 Å². The molecule has 37 heavy (non-hydrogen) atoms. The molecule has 0 unspecified atom stereocenters. The van der Waals surface area contributed by atoms with Gasteiger partial charge in [0.2, 0.25) is 5.06 Å². The Hall–Kier alpha value is -3.03. The van der Waals surface area contributed by atoms with Crippen LogP contribution in [0.2, 0.25) is 0 Å². The molecule has 0 amide bonds. The van der Waals surface area contributed by atoms with E-state index < -0.39 is 0 Å². The Balaban J connectivity index is 1.48. The Morgan fingerprint density at radius 3 is 2.51 bits per heavy atom. The van der Waals surface area contributed by atoms with Crippen LogP contribution in [0.5, 0.6) is 5.06 Å². The fourth-order valence-corrected chi connectivity index (χ4v) is 5.75. The monoisotopic (exact) mass is 536 g/mol. The average Bonchev–Trinajstić information content (AvgIpc) is 3.54. The van der Waals surface area contributed by atoms with Gasteiger partial charge in [0, 0.05) is 36.0 Å². The van der Waals surface area contributed by atoms with Gasteiger partial charge in [-0.25, -0.2) is 9.37 Å². The maximum absolute atomic E-state index is 14.2. The van der Waals surface area contributed by atoms with Crippen LogP contribution in [0.3, 0.4) is 0 Å². The van der Waals surface area contributed by atoms with Crippen molar-refractivity contribution in [2.75, 3.05) is 18.5 Å². The lowest BCUT2D eigenvalue weighted by Crippen LogP contribution is -2.19. The lowest BCUT2D eigenvalue weighted by molar-refractivity contribution is 0.0984. The molecule has 7 heteroatoms. The van der Waals surface area contributed by atoms with Gasteiger partial charge in [-0.3, -0.25) is 4.79 Å². The maximum Gasteiger partial charge on any atom is 0.204 e. The molecule has 0 aliphatic carbocycles. The highest BCUT2D eigenvalue weighted by Gasteiger charge is 2.18. The summed E-state index contributed by atoms with van der Waals surface area (Å²) in [6.07, 6.45) is 4.62. The van der Waals surface area contributed by atoms with Crippen molar-refractivity contribution in [3.05, 3.63) is 87.4 Å². The first-order chi connectivity index (χ1) is 17.9.